The summed E-state index contributed by atoms with van der Waals surface area (Å²) in [4.78, 5) is 0. The molecule has 4 rings (SSSR count). The van der Waals surface area contributed by atoms with Gasteiger partial charge in [0.1, 0.15) is 0 Å². The van der Waals surface area contributed by atoms with Crippen LogP contribution in [0.15, 0.2) is 0 Å². The monoisotopic (exact) mass is 176 g/mol. The second kappa shape index (κ2) is 1.85. The number of hydrogen-bond donors (Lipinski definition) is 0. The highest BCUT2D eigenvalue weighted by Gasteiger charge is 2.80. The highest BCUT2D eigenvalue weighted by molar-refractivity contribution is 5.27. The van der Waals surface area contributed by atoms with Crippen molar-refractivity contribution in [1.29, 1.82) is 0 Å². The van der Waals surface area contributed by atoms with Gasteiger partial charge in [0.2, 0.25) is 0 Å². The zero-order valence-electron chi connectivity index (χ0n) is 8.90. The Morgan fingerprint density at radius 1 is 0.923 bits per heavy atom. The normalized spacial score (nSPS) is 71.1. The summed E-state index contributed by atoms with van der Waals surface area (Å²) in [6, 6.07) is 0. The largest absolute Gasteiger partial charge is 0.0625 e. The molecule has 0 heterocycles. The third-order valence-electron chi connectivity index (χ3n) is 6.04. The fraction of sp³-hybridized carbons (Fsp3) is 1.00. The maximum Gasteiger partial charge on any atom is -0.0312 e. The molecular weight excluding hydrogens is 156 g/mol. The van der Waals surface area contributed by atoms with Gasteiger partial charge < -0.3 is 0 Å². The molecule has 13 heavy (non-hydrogen) atoms. The molecule has 0 N–H and O–H groups in total. The minimum atomic E-state index is 0.968. The molecule has 6 unspecified atom stereocenters. The number of hydrogen-bond acceptors (Lipinski definition) is 0. The van der Waals surface area contributed by atoms with Crippen LogP contribution >= 0.6 is 0 Å². The van der Waals surface area contributed by atoms with Crippen LogP contribution in [0.25, 0.3) is 0 Å². The molecule has 72 valence electrons. The van der Waals surface area contributed by atoms with Gasteiger partial charge in [0, 0.05) is 0 Å². The van der Waals surface area contributed by atoms with E-state index in [0.717, 1.165) is 17.8 Å². The van der Waals surface area contributed by atoms with E-state index in [1.54, 1.807) is 6.42 Å². The molecule has 0 aromatic carbocycles. The third-order valence-corrected chi connectivity index (χ3v) is 6.04. The van der Waals surface area contributed by atoms with E-state index in [9.17, 15) is 0 Å². The van der Waals surface area contributed by atoms with E-state index in [4.69, 9.17) is 0 Å². The van der Waals surface area contributed by atoms with Crippen molar-refractivity contribution in [3.63, 3.8) is 0 Å². The van der Waals surface area contributed by atoms with Crippen LogP contribution in [0.2, 0.25) is 0 Å². The van der Waals surface area contributed by atoms with Crippen LogP contribution in [-0.2, 0) is 0 Å². The maximum atomic E-state index is 2.50. The summed E-state index contributed by atoms with van der Waals surface area (Å²) < 4.78 is 0. The van der Waals surface area contributed by atoms with Gasteiger partial charge in [-0.1, -0.05) is 20.8 Å². The van der Waals surface area contributed by atoms with Crippen molar-refractivity contribution < 1.29 is 0 Å². The molecule has 4 saturated carbocycles. The van der Waals surface area contributed by atoms with Gasteiger partial charge in [-0.3, -0.25) is 0 Å². The van der Waals surface area contributed by atoms with Crippen LogP contribution in [0, 0.1) is 53.3 Å². The van der Waals surface area contributed by atoms with Gasteiger partial charge in [-0.15, -0.1) is 0 Å². The van der Waals surface area contributed by atoms with Crippen molar-refractivity contribution in [1.82, 2.24) is 0 Å². The molecule has 0 amide bonds. The van der Waals surface area contributed by atoms with Crippen LogP contribution in [0.4, 0.5) is 0 Å². The van der Waals surface area contributed by atoms with Gasteiger partial charge in [-0.05, 0) is 59.7 Å². The first kappa shape index (κ1) is 7.31. The maximum absolute atomic E-state index is 2.50. The second-order valence-electron chi connectivity index (χ2n) is 6.55. The molecule has 0 spiro atoms. The molecule has 0 nitrogen and oxygen atoms in total. The van der Waals surface area contributed by atoms with E-state index in [0.29, 0.717) is 0 Å². The Kier molecular flexibility index (Phi) is 1.04. The van der Waals surface area contributed by atoms with Crippen LogP contribution in [-0.4, -0.2) is 0 Å². The molecule has 8 atom stereocenters. The Hall–Kier alpha value is 0. The summed E-state index contributed by atoms with van der Waals surface area (Å²) in [7, 11) is 0. The van der Waals surface area contributed by atoms with Gasteiger partial charge in [0.25, 0.3) is 0 Å². The molecule has 0 aromatic rings. The minimum absolute atomic E-state index is 0.968. The average molecular weight is 176 g/mol. The van der Waals surface area contributed by atoms with Crippen molar-refractivity contribution in [3.05, 3.63) is 0 Å². The Bertz CT molecular complexity index is 263. The number of fused-ring (bicyclic) bond motifs is 4. The predicted octanol–water partition coefficient (Wildman–Crippen LogP) is 3.04. The quantitative estimate of drug-likeness (QED) is 0.576. The molecule has 4 aliphatic carbocycles. The standard InChI is InChI=1S/C13H20/c1-5(2)7-4-8-9-6(3)10(9)13-11(7)12(8)13/h5-13H,4H2,1-3H3/t6?,7-,8?,9?,10?,11?,12+,13?/m1/s1. The molecule has 4 aliphatic rings. The van der Waals surface area contributed by atoms with Gasteiger partial charge in [0.15, 0.2) is 0 Å². The minimum Gasteiger partial charge on any atom is -0.0625 e. The smallest absolute Gasteiger partial charge is 0.0312 e. The summed E-state index contributed by atoms with van der Waals surface area (Å²) >= 11 is 0. The fourth-order valence-electron chi connectivity index (χ4n) is 5.61. The Morgan fingerprint density at radius 2 is 1.69 bits per heavy atom. The molecular formula is C13H20. The highest BCUT2D eigenvalue weighted by Crippen LogP contribution is 2.84. The summed E-state index contributed by atoms with van der Waals surface area (Å²) in [5.41, 5.74) is 0. The van der Waals surface area contributed by atoms with Gasteiger partial charge in [0.05, 0.1) is 0 Å². The van der Waals surface area contributed by atoms with Crippen molar-refractivity contribution in [2.24, 2.45) is 53.3 Å². The van der Waals surface area contributed by atoms with Crippen molar-refractivity contribution in [2.75, 3.05) is 0 Å². The Labute approximate surface area is 81.1 Å². The van der Waals surface area contributed by atoms with Crippen LogP contribution in [0.1, 0.15) is 27.2 Å². The zero-order chi connectivity index (χ0) is 8.90. The van der Waals surface area contributed by atoms with E-state index in [-0.39, 0.29) is 0 Å². The van der Waals surface area contributed by atoms with Crippen LogP contribution < -0.4 is 0 Å². The summed E-state index contributed by atoms with van der Waals surface area (Å²) in [5.74, 6) is 10.5. The Morgan fingerprint density at radius 3 is 2.31 bits per heavy atom. The van der Waals surface area contributed by atoms with Crippen LogP contribution in [0.3, 0.4) is 0 Å². The SMILES string of the molecule is CC1C2C1C1C3[C@@H](C(C)C)CC2[C@H]13. The molecule has 0 aliphatic heterocycles. The van der Waals surface area contributed by atoms with E-state index in [1.807, 2.05) is 0 Å². The molecule has 0 aromatic heterocycles. The number of rotatable bonds is 1. The first-order valence-electron chi connectivity index (χ1n) is 6.22. The molecule has 0 heteroatoms. The highest BCUT2D eigenvalue weighted by atomic mass is 14.8. The topological polar surface area (TPSA) is 0 Å². The van der Waals surface area contributed by atoms with Gasteiger partial charge >= 0.3 is 0 Å². The lowest BCUT2D eigenvalue weighted by Crippen LogP contribution is -2.12. The van der Waals surface area contributed by atoms with Gasteiger partial charge in [-0.2, -0.15) is 0 Å². The second-order valence-corrected chi connectivity index (χ2v) is 6.55. The van der Waals surface area contributed by atoms with E-state index in [2.05, 4.69) is 20.8 Å². The molecule has 0 saturated heterocycles. The fourth-order valence-corrected chi connectivity index (χ4v) is 5.61. The van der Waals surface area contributed by atoms with Gasteiger partial charge in [-0.25, -0.2) is 0 Å². The molecule has 0 radical (unpaired) electrons. The van der Waals surface area contributed by atoms with E-state index >= 15 is 0 Å². The summed E-state index contributed by atoms with van der Waals surface area (Å²) in [5, 5.41) is 0. The lowest BCUT2D eigenvalue weighted by molar-refractivity contribution is 0.299. The van der Waals surface area contributed by atoms with E-state index < -0.39 is 0 Å². The van der Waals surface area contributed by atoms with Crippen molar-refractivity contribution in [3.8, 4) is 0 Å². The zero-order valence-corrected chi connectivity index (χ0v) is 8.90. The lowest BCUT2D eigenvalue weighted by atomic mass is 9.86. The van der Waals surface area contributed by atoms with Crippen molar-refractivity contribution in [2.45, 2.75) is 27.2 Å². The summed E-state index contributed by atoms with van der Waals surface area (Å²) in [6.45, 7) is 7.39. The predicted molar refractivity (Wildman–Crippen MR) is 53.0 cm³/mol. The first-order valence-corrected chi connectivity index (χ1v) is 6.22. The third kappa shape index (κ3) is 0.620. The van der Waals surface area contributed by atoms with Crippen LogP contribution in [0.5, 0.6) is 0 Å². The summed E-state index contributed by atoms with van der Waals surface area (Å²) in [6.07, 6.45) is 1.61. The lowest BCUT2D eigenvalue weighted by Gasteiger charge is -2.19. The first-order chi connectivity index (χ1) is 6.22. The average Bonchev–Trinajstić information content (AvgIpc) is 2.83. The Balaban J connectivity index is 1.65. The molecule has 4 fully saturated rings. The van der Waals surface area contributed by atoms with Crippen molar-refractivity contribution >= 4 is 0 Å². The molecule has 0 bridgehead atoms. The van der Waals surface area contributed by atoms with E-state index in [1.165, 1.54) is 35.5 Å².